The van der Waals surface area contributed by atoms with Crippen LogP contribution in [0.3, 0.4) is 0 Å². The number of nitrogens with two attached hydrogens (primary N) is 1. The fraction of sp³-hybridized carbons (Fsp3) is 0.462. The second-order valence-corrected chi connectivity index (χ2v) is 5.82. The average molecular weight is 266 g/mol. The molecule has 2 N–H and O–H groups in total. The Bertz CT molecular complexity index is 537. The van der Waals surface area contributed by atoms with Gasteiger partial charge < -0.3 is 14.9 Å². The molecule has 0 amide bonds. The SMILES string of the molecule is COC(C)(C)CCSc1nc2cc(N)ccc2o1. The zero-order valence-corrected chi connectivity index (χ0v) is 11.7. The molecule has 0 saturated carbocycles. The van der Waals surface area contributed by atoms with E-state index in [4.69, 9.17) is 14.9 Å². The third-order valence-electron chi connectivity index (χ3n) is 2.87. The highest BCUT2D eigenvalue weighted by atomic mass is 32.2. The quantitative estimate of drug-likeness (QED) is 0.664. The number of oxazole rings is 1. The summed E-state index contributed by atoms with van der Waals surface area (Å²) in [5, 5.41) is 0.683. The van der Waals surface area contributed by atoms with Gasteiger partial charge in [-0.15, -0.1) is 0 Å². The number of nitrogen functional groups attached to an aromatic ring is 1. The second-order valence-electron chi connectivity index (χ2n) is 4.77. The molecule has 1 aromatic heterocycles. The highest BCUT2D eigenvalue weighted by molar-refractivity contribution is 7.99. The van der Waals surface area contributed by atoms with Crippen LogP contribution in [-0.4, -0.2) is 23.4 Å². The first-order chi connectivity index (χ1) is 8.50. The van der Waals surface area contributed by atoms with E-state index in [0.29, 0.717) is 10.9 Å². The Morgan fingerprint density at radius 1 is 1.44 bits per heavy atom. The summed E-state index contributed by atoms with van der Waals surface area (Å²) in [7, 11) is 1.73. The van der Waals surface area contributed by atoms with Crippen molar-refractivity contribution in [3.05, 3.63) is 18.2 Å². The normalized spacial score (nSPS) is 12.2. The molecule has 98 valence electrons. The van der Waals surface area contributed by atoms with Crippen LogP contribution in [-0.2, 0) is 4.74 Å². The maximum Gasteiger partial charge on any atom is 0.256 e. The number of methoxy groups -OCH3 is 1. The number of hydrogen-bond donors (Lipinski definition) is 1. The van der Waals surface area contributed by atoms with Gasteiger partial charge >= 0.3 is 0 Å². The van der Waals surface area contributed by atoms with Crippen LogP contribution < -0.4 is 5.73 Å². The number of fused-ring (bicyclic) bond motifs is 1. The Balaban J connectivity index is 2.00. The van der Waals surface area contributed by atoms with Crippen LogP contribution in [0.2, 0.25) is 0 Å². The topological polar surface area (TPSA) is 61.3 Å². The Kier molecular flexibility index (Phi) is 3.82. The standard InChI is InChI=1S/C13H18N2O2S/c1-13(2,16-3)6-7-18-12-15-10-8-9(14)4-5-11(10)17-12/h4-5,8H,6-7,14H2,1-3H3. The predicted molar refractivity (Wildman–Crippen MR) is 74.9 cm³/mol. The summed E-state index contributed by atoms with van der Waals surface area (Å²) >= 11 is 1.60. The van der Waals surface area contributed by atoms with Crippen LogP contribution in [0.1, 0.15) is 20.3 Å². The molecule has 0 saturated heterocycles. The zero-order chi connectivity index (χ0) is 13.2. The van der Waals surface area contributed by atoms with Gasteiger partial charge in [0, 0.05) is 18.6 Å². The number of aromatic nitrogens is 1. The maximum absolute atomic E-state index is 5.70. The number of hydrogen-bond acceptors (Lipinski definition) is 5. The molecule has 0 aliphatic carbocycles. The van der Waals surface area contributed by atoms with E-state index < -0.39 is 0 Å². The van der Waals surface area contributed by atoms with Gasteiger partial charge in [0.1, 0.15) is 5.52 Å². The molecule has 1 aromatic carbocycles. The zero-order valence-electron chi connectivity index (χ0n) is 10.9. The van der Waals surface area contributed by atoms with Gasteiger partial charge in [-0.3, -0.25) is 0 Å². The van der Waals surface area contributed by atoms with E-state index in [0.717, 1.165) is 23.3 Å². The van der Waals surface area contributed by atoms with E-state index in [1.807, 2.05) is 18.2 Å². The van der Waals surface area contributed by atoms with E-state index in [9.17, 15) is 0 Å². The van der Waals surface area contributed by atoms with Crippen LogP contribution in [0.25, 0.3) is 11.1 Å². The molecule has 0 aliphatic rings. The predicted octanol–water partition coefficient (Wildman–Crippen LogP) is 3.32. The summed E-state index contributed by atoms with van der Waals surface area (Å²) < 4.78 is 11.0. The molecule has 2 aromatic rings. The first-order valence-electron chi connectivity index (χ1n) is 5.84. The van der Waals surface area contributed by atoms with Crippen molar-refractivity contribution in [2.45, 2.75) is 31.1 Å². The molecule has 1 heterocycles. The highest BCUT2D eigenvalue weighted by Gasteiger charge is 2.16. The molecular formula is C13H18N2O2S. The molecule has 0 unspecified atom stereocenters. The number of rotatable bonds is 5. The fourth-order valence-electron chi connectivity index (χ4n) is 1.47. The Morgan fingerprint density at radius 2 is 2.22 bits per heavy atom. The van der Waals surface area contributed by atoms with E-state index in [-0.39, 0.29) is 5.60 Å². The minimum atomic E-state index is -0.108. The molecule has 0 spiro atoms. The van der Waals surface area contributed by atoms with Crippen LogP contribution >= 0.6 is 11.8 Å². The molecule has 0 fully saturated rings. The average Bonchev–Trinajstić information content (AvgIpc) is 2.70. The number of benzene rings is 1. The van der Waals surface area contributed by atoms with Crippen molar-refractivity contribution in [1.82, 2.24) is 4.98 Å². The summed E-state index contributed by atoms with van der Waals surface area (Å²) in [4.78, 5) is 4.39. The fourth-order valence-corrected chi connectivity index (χ4v) is 2.55. The molecule has 18 heavy (non-hydrogen) atoms. The summed E-state index contributed by atoms with van der Waals surface area (Å²) in [6.07, 6.45) is 0.940. The van der Waals surface area contributed by atoms with Gasteiger partial charge in [0.05, 0.1) is 5.60 Å². The number of anilines is 1. The molecule has 0 atom stereocenters. The number of thioether (sulfide) groups is 1. The van der Waals surface area contributed by atoms with Crippen molar-refractivity contribution in [3.63, 3.8) is 0 Å². The summed E-state index contributed by atoms with van der Waals surface area (Å²) in [6, 6.07) is 5.48. The minimum Gasteiger partial charge on any atom is -0.431 e. The lowest BCUT2D eigenvalue weighted by molar-refractivity contribution is 0.0206. The second kappa shape index (κ2) is 5.20. The summed E-state index contributed by atoms with van der Waals surface area (Å²) in [5.41, 5.74) is 7.88. The van der Waals surface area contributed by atoms with Crippen LogP contribution in [0.5, 0.6) is 0 Å². The van der Waals surface area contributed by atoms with Crippen molar-refractivity contribution in [2.75, 3.05) is 18.6 Å². The van der Waals surface area contributed by atoms with E-state index in [1.54, 1.807) is 18.9 Å². The Labute approximate surface area is 111 Å². The van der Waals surface area contributed by atoms with E-state index in [2.05, 4.69) is 18.8 Å². The molecule has 0 radical (unpaired) electrons. The third kappa shape index (κ3) is 3.17. The van der Waals surface area contributed by atoms with Gasteiger partial charge in [-0.05, 0) is 38.5 Å². The Hall–Kier alpha value is -1.20. The largest absolute Gasteiger partial charge is 0.431 e. The van der Waals surface area contributed by atoms with Gasteiger partial charge in [-0.25, -0.2) is 4.98 Å². The lowest BCUT2D eigenvalue weighted by Crippen LogP contribution is -2.22. The van der Waals surface area contributed by atoms with Gasteiger partial charge in [-0.2, -0.15) is 0 Å². The first-order valence-corrected chi connectivity index (χ1v) is 6.83. The van der Waals surface area contributed by atoms with Crippen molar-refractivity contribution in [3.8, 4) is 0 Å². The maximum atomic E-state index is 5.70. The van der Waals surface area contributed by atoms with Gasteiger partial charge in [0.15, 0.2) is 5.58 Å². The van der Waals surface area contributed by atoms with Gasteiger partial charge in [0.25, 0.3) is 5.22 Å². The van der Waals surface area contributed by atoms with Crippen LogP contribution in [0.15, 0.2) is 27.8 Å². The summed E-state index contributed by atoms with van der Waals surface area (Å²) in [6.45, 7) is 4.14. The molecule has 2 rings (SSSR count). The Morgan fingerprint density at radius 3 is 2.94 bits per heavy atom. The van der Waals surface area contributed by atoms with Gasteiger partial charge in [0.2, 0.25) is 0 Å². The lowest BCUT2D eigenvalue weighted by Gasteiger charge is -2.21. The van der Waals surface area contributed by atoms with Crippen LogP contribution in [0, 0.1) is 0 Å². The first kappa shape index (κ1) is 13.2. The molecular weight excluding hydrogens is 248 g/mol. The van der Waals surface area contributed by atoms with Gasteiger partial charge in [-0.1, -0.05) is 11.8 Å². The van der Waals surface area contributed by atoms with E-state index >= 15 is 0 Å². The number of ether oxygens (including phenoxy) is 1. The van der Waals surface area contributed by atoms with Crippen LogP contribution in [0.4, 0.5) is 5.69 Å². The highest BCUT2D eigenvalue weighted by Crippen LogP contribution is 2.27. The molecule has 4 nitrogen and oxygen atoms in total. The monoisotopic (exact) mass is 266 g/mol. The minimum absolute atomic E-state index is 0.108. The lowest BCUT2D eigenvalue weighted by atomic mass is 10.1. The molecule has 0 bridgehead atoms. The molecule has 0 aliphatic heterocycles. The van der Waals surface area contributed by atoms with Crippen molar-refractivity contribution in [1.29, 1.82) is 0 Å². The van der Waals surface area contributed by atoms with Crippen molar-refractivity contribution < 1.29 is 9.15 Å². The van der Waals surface area contributed by atoms with Crippen molar-refractivity contribution in [2.24, 2.45) is 0 Å². The van der Waals surface area contributed by atoms with E-state index in [1.165, 1.54) is 0 Å². The van der Waals surface area contributed by atoms with Crippen molar-refractivity contribution >= 4 is 28.5 Å². The number of nitrogens with zero attached hydrogens (tertiary/aromatic N) is 1. The smallest absolute Gasteiger partial charge is 0.256 e. The molecule has 5 heteroatoms. The summed E-state index contributed by atoms with van der Waals surface area (Å²) in [5.74, 6) is 0.906. The third-order valence-corrected chi connectivity index (χ3v) is 3.70.